The van der Waals surface area contributed by atoms with Gasteiger partial charge >= 0.3 is 6.09 Å². The zero-order valence-electron chi connectivity index (χ0n) is 15.6. The molecule has 0 aromatic heterocycles. The van der Waals surface area contributed by atoms with E-state index in [1.165, 1.54) is 5.56 Å². The highest BCUT2D eigenvalue weighted by Crippen LogP contribution is 2.32. The molecular weight excluding hydrogens is 396 g/mol. The van der Waals surface area contributed by atoms with E-state index in [-0.39, 0.29) is 6.09 Å². The Hall–Kier alpha value is -0.853. The Morgan fingerprint density at radius 2 is 1.88 bits per heavy atom. The molecule has 4 nitrogen and oxygen atoms in total. The van der Waals surface area contributed by atoms with E-state index in [1.54, 1.807) is 0 Å². The standard InChI is InChI=1S/C19H31BrN2O2Si/c1-25(2,3)13-12-24-19(23)22-10-8-16(9-11-22)18(14-21)15-4-6-17(20)7-5-15/h4-7,16,18H,8-14,21H2,1-3H3. The molecule has 0 bridgehead atoms. The molecule has 2 N–H and O–H groups in total. The average Bonchev–Trinajstić information content (AvgIpc) is 2.56. The maximum absolute atomic E-state index is 12.2. The van der Waals surface area contributed by atoms with Crippen LogP contribution in [0.2, 0.25) is 25.7 Å². The maximum Gasteiger partial charge on any atom is 0.409 e. The summed E-state index contributed by atoms with van der Waals surface area (Å²) in [7, 11) is -1.16. The molecule has 25 heavy (non-hydrogen) atoms. The Morgan fingerprint density at radius 3 is 2.40 bits per heavy atom. The van der Waals surface area contributed by atoms with E-state index in [0.717, 1.165) is 36.4 Å². The number of likely N-dealkylation sites (tertiary alicyclic amines) is 1. The van der Waals surface area contributed by atoms with Crippen LogP contribution in [0.25, 0.3) is 0 Å². The van der Waals surface area contributed by atoms with Crippen molar-refractivity contribution in [2.45, 2.75) is 44.4 Å². The highest BCUT2D eigenvalue weighted by Gasteiger charge is 2.29. The van der Waals surface area contributed by atoms with E-state index in [0.29, 0.717) is 25.0 Å². The zero-order chi connectivity index (χ0) is 18.4. The number of ether oxygens (including phenoxy) is 1. The van der Waals surface area contributed by atoms with Crippen LogP contribution in [0, 0.1) is 5.92 Å². The van der Waals surface area contributed by atoms with Crippen molar-refractivity contribution in [3.05, 3.63) is 34.3 Å². The molecule has 0 radical (unpaired) electrons. The molecule has 140 valence electrons. The number of hydrogen-bond donors (Lipinski definition) is 1. The summed E-state index contributed by atoms with van der Waals surface area (Å²) >= 11 is 3.48. The minimum Gasteiger partial charge on any atom is -0.450 e. The average molecular weight is 427 g/mol. The smallest absolute Gasteiger partial charge is 0.409 e. The summed E-state index contributed by atoms with van der Waals surface area (Å²) in [5, 5.41) is 0. The summed E-state index contributed by atoms with van der Waals surface area (Å²) in [5.74, 6) is 0.885. The van der Waals surface area contributed by atoms with E-state index in [9.17, 15) is 4.79 Å². The fourth-order valence-corrected chi connectivity index (χ4v) is 4.31. The second kappa shape index (κ2) is 9.19. The number of benzene rings is 1. The number of halogens is 1. The van der Waals surface area contributed by atoms with Crippen molar-refractivity contribution in [2.24, 2.45) is 11.7 Å². The number of amides is 1. The lowest BCUT2D eigenvalue weighted by atomic mass is 9.80. The number of piperidine rings is 1. The van der Waals surface area contributed by atoms with Crippen LogP contribution in [-0.2, 0) is 4.74 Å². The SMILES string of the molecule is C[Si](C)(C)CCOC(=O)N1CCC(C(CN)c2ccc(Br)cc2)CC1. The van der Waals surface area contributed by atoms with Gasteiger partial charge in [-0.25, -0.2) is 4.79 Å². The molecule has 1 atom stereocenters. The van der Waals surface area contributed by atoms with Crippen molar-refractivity contribution in [2.75, 3.05) is 26.2 Å². The van der Waals surface area contributed by atoms with Gasteiger partial charge in [0.05, 0.1) is 6.61 Å². The van der Waals surface area contributed by atoms with Gasteiger partial charge in [-0.1, -0.05) is 47.7 Å². The van der Waals surface area contributed by atoms with Crippen molar-refractivity contribution in [1.82, 2.24) is 4.90 Å². The Kier molecular flexibility index (Phi) is 7.52. The van der Waals surface area contributed by atoms with Gasteiger partial charge in [0.1, 0.15) is 0 Å². The lowest BCUT2D eigenvalue weighted by Gasteiger charge is -2.35. The Balaban J connectivity index is 1.83. The Bertz CT molecular complexity index is 552. The topological polar surface area (TPSA) is 55.6 Å². The molecule has 1 fully saturated rings. The van der Waals surface area contributed by atoms with Gasteiger partial charge in [0.15, 0.2) is 0 Å². The molecule has 1 saturated heterocycles. The molecule has 1 aliphatic rings. The number of hydrogen-bond acceptors (Lipinski definition) is 3. The largest absolute Gasteiger partial charge is 0.450 e. The lowest BCUT2D eigenvalue weighted by Crippen LogP contribution is -2.41. The first-order valence-corrected chi connectivity index (χ1v) is 13.7. The van der Waals surface area contributed by atoms with Gasteiger partial charge in [-0.15, -0.1) is 0 Å². The van der Waals surface area contributed by atoms with E-state index in [1.807, 2.05) is 4.90 Å². The maximum atomic E-state index is 12.2. The molecular formula is C19H31BrN2O2Si. The van der Waals surface area contributed by atoms with Crippen molar-refractivity contribution in [3.63, 3.8) is 0 Å². The first-order chi connectivity index (χ1) is 11.8. The third-order valence-electron chi connectivity index (χ3n) is 5.00. The van der Waals surface area contributed by atoms with Gasteiger partial charge in [0.25, 0.3) is 0 Å². The van der Waals surface area contributed by atoms with Crippen LogP contribution in [0.1, 0.15) is 24.3 Å². The van der Waals surface area contributed by atoms with Gasteiger partial charge in [-0.05, 0) is 55.0 Å². The molecule has 1 aliphatic heterocycles. The van der Waals surface area contributed by atoms with Crippen LogP contribution in [0.15, 0.2) is 28.7 Å². The van der Waals surface area contributed by atoms with Crippen molar-refractivity contribution < 1.29 is 9.53 Å². The summed E-state index contributed by atoms with van der Waals surface area (Å²) < 4.78 is 6.56. The molecule has 1 heterocycles. The molecule has 1 unspecified atom stereocenters. The van der Waals surface area contributed by atoms with Crippen LogP contribution in [-0.4, -0.2) is 45.3 Å². The zero-order valence-corrected chi connectivity index (χ0v) is 18.2. The summed E-state index contributed by atoms with van der Waals surface area (Å²) in [5.41, 5.74) is 7.35. The van der Waals surface area contributed by atoms with Crippen LogP contribution in [0.4, 0.5) is 4.79 Å². The van der Waals surface area contributed by atoms with Crippen molar-refractivity contribution in [3.8, 4) is 0 Å². The monoisotopic (exact) mass is 426 g/mol. The number of rotatable bonds is 6. The lowest BCUT2D eigenvalue weighted by molar-refractivity contribution is 0.0888. The molecule has 1 aromatic carbocycles. The fourth-order valence-electron chi connectivity index (χ4n) is 3.33. The number of nitrogens with two attached hydrogens (primary N) is 1. The highest BCUT2D eigenvalue weighted by molar-refractivity contribution is 9.10. The van der Waals surface area contributed by atoms with Gasteiger partial charge in [0.2, 0.25) is 0 Å². The number of nitrogens with zero attached hydrogens (tertiary/aromatic N) is 1. The minimum absolute atomic E-state index is 0.148. The quantitative estimate of drug-likeness (QED) is 0.671. The number of carbonyl (C=O) groups excluding carboxylic acids is 1. The van der Waals surface area contributed by atoms with Crippen LogP contribution in [0.3, 0.4) is 0 Å². The van der Waals surface area contributed by atoms with E-state index < -0.39 is 8.07 Å². The summed E-state index contributed by atoms with van der Waals surface area (Å²) in [6, 6.07) is 9.47. The Morgan fingerprint density at radius 1 is 1.28 bits per heavy atom. The van der Waals surface area contributed by atoms with E-state index in [4.69, 9.17) is 10.5 Å². The van der Waals surface area contributed by atoms with E-state index >= 15 is 0 Å². The van der Waals surface area contributed by atoms with Gasteiger partial charge in [-0.3, -0.25) is 0 Å². The van der Waals surface area contributed by atoms with E-state index in [2.05, 4.69) is 59.8 Å². The summed E-state index contributed by atoms with van der Waals surface area (Å²) in [6.45, 7) is 9.61. The second-order valence-corrected chi connectivity index (χ2v) is 14.7. The fraction of sp³-hybridized carbons (Fsp3) is 0.632. The molecule has 0 aliphatic carbocycles. The predicted molar refractivity (Wildman–Crippen MR) is 110 cm³/mol. The minimum atomic E-state index is -1.16. The third kappa shape index (κ3) is 6.42. The summed E-state index contributed by atoms with van der Waals surface area (Å²) in [6.07, 6.45) is 1.83. The molecule has 1 aromatic rings. The normalized spacial score (nSPS) is 17.4. The first-order valence-electron chi connectivity index (χ1n) is 9.17. The van der Waals surface area contributed by atoms with Crippen LogP contribution < -0.4 is 5.73 Å². The molecule has 2 rings (SSSR count). The predicted octanol–water partition coefficient (Wildman–Crippen LogP) is 4.68. The van der Waals surface area contributed by atoms with Crippen LogP contribution >= 0.6 is 15.9 Å². The van der Waals surface area contributed by atoms with Crippen molar-refractivity contribution in [1.29, 1.82) is 0 Å². The molecule has 6 heteroatoms. The molecule has 0 saturated carbocycles. The van der Waals surface area contributed by atoms with Gasteiger partial charge in [0, 0.05) is 25.6 Å². The summed E-state index contributed by atoms with van der Waals surface area (Å²) in [4.78, 5) is 14.1. The number of carbonyl (C=O) groups is 1. The Labute approximate surface area is 161 Å². The van der Waals surface area contributed by atoms with Gasteiger partial charge in [-0.2, -0.15) is 0 Å². The van der Waals surface area contributed by atoms with Gasteiger partial charge < -0.3 is 15.4 Å². The van der Waals surface area contributed by atoms with Crippen molar-refractivity contribution >= 4 is 30.1 Å². The molecule has 1 amide bonds. The van der Waals surface area contributed by atoms with Crippen LogP contribution in [0.5, 0.6) is 0 Å². The third-order valence-corrected chi connectivity index (χ3v) is 7.23. The first kappa shape index (κ1) is 20.5. The second-order valence-electron chi connectivity index (χ2n) is 8.14. The highest BCUT2D eigenvalue weighted by atomic mass is 79.9. The molecule has 0 spiro atoms.